The first kappa shape index (κ1) is 11.7. The molecule has 3 rings (SSSR count). The maximum Gasteiger partial charge on any atom is 0.0768 e. The molecule has 1 atom stereocenters. The van der Waals surface area contributed by atoms with E-state index in [0.29, 0.717) is 5.92 Å². The van der Waals surface area contributed by atoms with Gasteiger partial charge in [0.05, 0.1) is 5.69 Å². The smallest absolute Gasteiger partial charge is 0.0768 e. The average Bonchev–Trinajstić information content (AvgIpc) is 2.84. The number of fused-ring (bicyclic) bond motifs is 1. The minimum absolute atomic E-state index is 0.614. The third-order valence-corrected chi connectivity index (χ3v) is 4.38. The highest BCUT2D eigenvalue weighted by molar-refractivity contribution is 7.99. The summed E-state index contributed by atoms with van der Waals surface area (Å²) in [7, 11) is 0. The Morgan fingerprint density at radius 2 is 2.17 bits per heavy atom. The van der Waals surface area contributed by atoms with Crippen LogP contribution in [0.4, 0.5) is 0 Å². The van der Waals surface area contributed by atoms with Gasteiger partial charge in [0.15, 0.2) is 0 Å². The number of nitrogens with one attached hydrogen (secondary N) is 1. The molecule has 3 nitrogen and oxygen atoms in total. The van der Waals surface area contributed by atoms with Gasteiger partial charge in [0.25, 0.3) is 0 Å². The van der Waals surface area contributed by atoms with Gasteiger partial charge >= 0.3 is 0 Å². The summed E-state index contributed by atoms with van der Waals surface area (Å²) in [6.45, 7) is 1.79. The quantitative estimate of drug-likeness (QED) is 0.913. The average molecular weight is 257 g/mol. The topological polar surface area (TPSA) is 37.8 Å². The lowest BCUT2D eigenvalue weighted by Crippen LogP contribution is -2.21. The molecule has 1 aromatic carbocycles. The van der Waals surface area contributed by atoms with Crippen molar-refractivity contribution in [1.29, 1.82) is 0 Å². The Balaban J connectivity index is 1.56. The Bertz CT molecular complexity index is 515. The van der Waals surface area contributed by atoms with Crippen LogP contribution in [0.2, 0.25) is 0 Å². The number of rotatable bonds is 4. The lowest BCUT2D eigenvalue weighted by atomic mass is 10.0. The van der Waals surface area contributed by atoms with Gasteiger partial charge < -0.3 is 5.32 Å². The highest BCUT2D eigenvalue weighted by atomic mass is 32.2. The second-order valence-corrected chi connectivity index (χ2v) is 5.45. The summed E-state index contributed by atoms with van der Waals surface area (Å²) in [5.74, 6) is 1.79. The summed E-state index contributed by atoms with van der Waals surface area (Å²) in [5.41, 5.74) is 2.48. The summed E-state index contributed by atoms with van der Waals surface area (Å²) in [4.78, 5) is 1.43. The highest BCUT2D eigenvalue weighted by Gasteiger charge is 2.21. The zero-order valence-electron chi connectivity index (χ0n) is 10.0. The minimum atomic E-state index is 0.614. The molecule has 1 unspecified atom stereocenters. The van der Waals surface area contributed by atoms with Crippen molar-refractivity contribution < 1.29 is 0 Å². The van der Waals surface area contributed by atoms with E-state index in [-0.39, 0.29) is 0 Å². The number of benzene rings is 1. The second-order valence-electron chi connectivity index (χ2n) is 4.39. The van der Waals surface area contributed by atoms with Gasteiger partial charge in [0, 0.05) is 35.9 Å². The normalized spacial score (nSPS) is 17.7. The van der Waals surface area contributed by atoms with E-state index in [1.165, 1.54) is 16.2 Å². The molecule has 0 amide bonds. The lowest BCUT2D eigenvalue weighted by molar-refractivity contribution is 0.610. The molecular formula is C14H15N3S. The molecule has 0 spiro atoms. The summed E-state index contributed by atoms with van der Waals surface area (Å²) < 4.78 is 0. The second kappa shape index (κ2) is 5.50. The molecule has 18 heavy (non-hydrogen) atoms. The molecule has 2 heterocycles. The Morgan fingerprint density at radius 3 is 3.06 bits per heavy atom. The van der Waals surface area contributed by atoms with E-state index >= 15 is 0 Å². The van der Waals surface area contributed by atoms with E-state index < -0.39 is 0 Å². The first-order valence-electron chi connectivity index (χ1n) is 6.12. The van der Waals surface area contributed by atoms with Crippen LogP contribution >= 0.6 is 11.8 Å². The van der Waals surface area contributed by atoms with Gasteiger partial charge in [0.2, 0.25) is 0 Å². The molecule has 0 aliphatic carbocycles. The fraction of sp³-hybridized carbons (Fsp3) is 0.286. The molecule has 1 N–H and O–H groups in total. The molecule has 0 saturated carbocycles. The zero-order chi connectivity index (χ0) is 12.2. The van der Waals surface area contributed by atoms with Crippen molar-refractivity contribution in [3.63, 3.8) is 0 Å². The molecule has 2 aromatic rings. The lowest BCUT2D eigenvalue weighted by Gasteiger charge is -2.11. The maximum atomic E-state index is 4.07. The summed E-state index contributed by atoms with van der Waals surface area (Å²) in [6, 6.07) is 12.6. The van der Waals surface area contributed by atoms with E-state index in [9.17, 15) is 0 Å². The van der Waals surface area contributed by atoms with Crippen molar-refractivity contribution >= 4 is 11.8 Å². The van der Waals surface area contributed by atoms with Crippen LogP contribution in [0.1, 0.15) is 17.2 Å². The van der Waals surface area contributed by atoms with Crippen molar-refractivity contribution in [2.24, 2.45) is 0 Å². The molecule has 0 radical (unpaired) electrons. The standard InChI is InChI=1S/C14H15N3S/c1-2-6-14-13(5-1)11(10-18-14)8-15-9-12-4-3-7-16-17-12/h1-7,11,15H,8-10H2. The van der Waals surface area contributed by atoms with Crippen LogP contribution in [0.25, 0.3) is 0 Å². The molecule has 0 fully saturated rings. The largest absolute Gasteiger partial charge is 0.310 e. The van der Waals surface area contributed by atoms with Crippen LogP contribution in [0.15, 0.2) is 47.5 Å². The number of thioether (sulfide) groups is 1. The highest BCUT2D eigenvalue weighted by Crippen LogP contribution is 2.38. The minimum Gasteiger partial charge on any atom is -0.310 e. The number of nitrogens with zero attached hydrogens (tertiary/aromatic N) is 2. The predicted octanol–water partition coefficient (Wildman–Crippen LogP) is 2.46. The van der Waals surface area contributed by atoms with Crippen molar-refractivity contribution in [2.45, 2.75) is 17.4 Å². The Kier molecular flexibility index (Phi) is 3.57. The number of hydrogen-bond acceptors (Lipinski definition) is 4. The summed E-state index contributed by atoms with van der Waals surface area (Å²) in [5, 5.41) is 11.4. The summed E-state index contributed by atoms with van der Waals surface area (Å²) in [6.07, 6.45) is 1.70. The van der Waals surface area contributed by atoms with E-state index in [1.54, 1.807) is 6.20 Å². The van der Waals surface area contributed by atoms with Gasteiger partial charge in [-0.15, -0.1) is 11.8 Å². The van der Waals surface area contributed by atoms with Gasteiger partial charge in [-0.25, -0.2) is 0 Å². The number of aromatic nitrogens is 2. The van der Waals surface area contributed by atoms with Crippen LogP contribution in [-0.4, -0.2) is 22.5 Å². The van der Waals surface area contributed by atoms with Crippen molar-refractivity contribution in [3.05, 3.63) is 53.9 Å². The van der Waals surface area contributed by atoms with Crippen molar-refractivity contribution in [1.82, 2.24) is 15.5 Å². The maximum absolute atomic E-state index is 4.07. The van der Waals surface area contributed by atoms with Gasteiger partial charge in [-0.1, -0.05) is 18.2 Å². The fourth-order valence-electron chi connectivity index (χ4n) is 2.20. The molecule has 92 valence electrons. The van der Waals surface area contributed by atoms with E-state index in [2.05, 4.69) is 39.8 Å². The van der Waals surface area contributed by atoms with Crippen LogP contribution in [0.5, 0.6) is 0 Å². The Morgan fingerprint density at radius 1 is 1.22 bits per heavy atom. The van der Waals surface area contributed by atoms with Crippen LogP contribution in [-0.2, 0) is 6.54 Å². The predicted molar refractivity (Wildman–Crippen MR) is 73.6 cm³/mol. The third-order valence-electron chi connectivity index (χ3n) is 3.12. The van der Waals surface area contributed by atoms with Crippen molar-refractivity contribution in [2.75, 3.05) is 12.3 Å². The summed E-state index contributed by atoms with van der Waals surface area (Å²) >= 11 is 1.95. The Hall–Kier alpha value is -1.39. The van der Waals surface area contributed by atoms with Crippen LogP contribution in [0, 0.1) is 0 Å². The van der Waals surface area contributed by atoms with E-state index in [1.807, 2.05) is 23.9 Å². The molecule has 0 saturated heterocycles. The third kappa shape index (κ3) is 2.54. The molecule has 1 aliphatic rings. The van der Waals surface area contributed by atoms with Crippen molar-refractivity contribution in [3.8, 4) is 0 Å². The first-order valence-corrected chi connectivity index (χ1v) is 7.11. The SMILES string of the molecule is c1cnnc(CNCC2CSc3ccccc32)c1. The molecule has 1 aromatic heterocycles. The van der Waals surface area contributed by atoms with Gasteiger partial charge in [0.1, 0.15) is 0 Å². The van der Waals surface area contributed by atoms with Gasteiger partial charge in [-0.3, -0.25) is 0 Å². The molecular weight excluding hydrogens is 242 g/mol. The zero-order valence-corrected chi connectivity index (χ0v) is 10.9. The molecule has 0 bridgehead atoms. The van der Waals surface area contributed by atoms with Crippen LogP contribution in [0.3, 0.4) is 0 Å². The molecule has 1 aliphatic heterocycles. The monoisotopic (exact) mass is 257 g/mol. The molecule has 4 heteroatoms. The van der Waals surface area contributed by atoms with Crippen LogP contribution < -0.4 is 5.32 Å². The van der Waals surface area contributed by atoms with Gasteiger partial charge in [-0.2, -0.15) is 10.2 Å². The first-order chi connectivity index (χ1) is 8.93. The fourth-order valence-corrected chi connectivity index (χ4v) is 3.45. The van der Waals surface area contributed by atoms with Gasteiger partial charge in [-0.05, 0) is 23.8 Å². The number of hydrogen-bond donors (Lipinski definition) is 1. The van der Waals surface area contributed by atoms with E-state index in [0.717, 1.165) is 18.8 Å². The Labute approximate surface area is 111 Å². The van der Waals surface area contributed by atoms with E-state index in [4.69, 9.17) is 0 Å².